The molecule has 1 aliphatic rings. The van der Waals surface area contributed by atoms with Crippen molar-refractivity contribution in [3.63, 3.8) is 0 Å². The Morgan fingerprint density at radius 1 is 1.14 bits per heavy atom. The number of amides is 1. The van der Waals surface area contributed by atoms with Crippen molar-refractivity contribution in [3.8, 4) is 0 Å². The number of rotatable bonds is 2. The van der Waals surface area contributed by atoms with E-state index >= 15 is 0 Å². The summed E-state index contributed by atoms with van der Waals surface area (Å²) in [6, 6.07) is 9.02. The van der Waals surface area contributed by atoms with Crippen molar-refractivity contribution in [1.29, 1.82) is 0 Å². The summed E-state index contributed by atoms with van der Waals surface area (Å²) in [4.78, 5) is 25.3. The van der Waals surface area contributed by atoms with Gasteiger partial charge in [-0.05, 0) is 35.9 Å². The van der Waals surface area contributed by atoms with E-state index in [0.717, 1.165) is 10.5 Å². The van der Waals surface area contributed by atoms with Crippen molar-refractivity contribution in [2.45, 2.75) is 6.54 Å². The minimum Gasteiger partial charge on any atom is -0.300 e. The Bertz CT molecular complexity index is 778. The average molecular weight is 369 g/mol. The second-order valence-electron chi connectivity index (χ2n) is 4.62. The molecule has 6 heteroatoms. The Morgan fingerprint density at radius 3 is 2.62 bits per heavy atom. The van der Waals surface area contributed by atoms with Crippen LogP contribution in [0.2, 0.25) is 5.02 Å². The number of fused-ring (bicyclic) bond motifs is 1. The minimum absolute atomic E-state index is 0.0910. The number of nitrogens with zero attached hydrogens (tertiary/aromatic N) is 1. The lowest BCUT2D eigenvalue weighted by Gasteiger charge is -2.17. The van der Waals surface area contributed by atoms with Crippen LogP contribution in [0, 0.1) is 5.82 Å². The quantitative estimate of drug-likeness (QED) is 0.752. The van der Waals surface area contributed by atoms with Crippen LogP contribution < -0.4 is 4.90 Å². The van der Waals surface area contributed by atoms with Crippen molar-refractivity contribution >= 4 is 44.9 Å². The molecule has 0 aliphatic carbocycles. The maximum atomic E-state index is 13.2. The first-order valence-corrected chi connectivity index (χ1v) is 7.24. The van der Waals surface area contributed by atoms with Crippen molar-refractivity contribution < 1.29 is 14.0 Å². The average Bonchev–Trinajstić information content (AvgIpc) is 2.66. The zero-order chi connectivity index (χ0) is 15.1. The fourth-order valence-corrected chi connectivity index (χ4v) is 2.98. The van der Waals surface area contributed by atoms with E-state index in [4.69, 9.17) is 11.6 Å². The largest absolute Gasteiger partial charge is 0.300 e. The first kappa shape index (κ1) is 14.2. The fourth-order valence-electron chi connectivity index (χ4n) is 2.25. The summed E-state index contributed by atoms with van der Waals surface area (Å²) < 4.78 is 14.0. The summed E-state index contributed by atoms with van der Waals surface area (Å²) in [5, 5.41) is 0.486. The highest BCUT2D eigenvalue weighted by Crippen LogP contribution is 2.32. The molecular formula is C15H8BrClFNO2. The molecular weight excluding hydrogens is 361 g/mol. The highest BCUT2D eigenvalue weighted by molar-refractivity contribution is 9.10. The van der Waals surface area contributed by atoms with Crippen molar-refractivity contribution in [2.75, 3.05) is 4.90 Å². The number of benzene rings is 2. The van der Waals surface area contributed by atoms with Gasteiger partial charge in [-0.2, -0.15) is 0 Å². The third kappa shape index (κ3) is 2.47. The van der Waals surface area contributed by atoms with Crippen LogP contribution >= 0.6 is 27.5 Å². The van der Waals surface area contributed by atoms with E-state index in [0.29, 0.717) is 16.3 Å². The number of hydrogen-bond donors (Lipinski definition) is 0. The topological polar surface area (TPSA) is 37.4 Å². The maximum absolute atomic E-state index is 13.2. The van der Waals surface area contributed by atoms with Gasteiger partial charge in [-0.1, -0.05) is 33.6 Å². The number of Topliss-reactive ketones (excluding diaryl/α,β-unsaturated/α-hetero) is 1. The van der Waals surface area contributed by atoms with Crippen molar-refractivity contribution in [3.05, 3.63) is 62.8 Å². The van der Waals surface area contributed by atoms with Gasteiger partial charge in [0.05, 0.1) is 17.8 Å². The molecule has 2 aromatic rings. The summed E-state index contributed by atoms with van der Waals surface area (Å²) in [5.74, 6) is -1.91. The second-order valence-corrected chi connectivity index (χ2v) is 5.94. The molecule has 0 atom stereocenters. The van der Waals surface area contributed by atoms with Crippen LogP contribution in [0.5, 0.6) is 0 Å². The predicted molar refractivity (Wildman–Crippen MR) is 81.1 cm³/mol. The molecule has 3 rings (SSSR count). The summed E-state index contributed by atoms with van der Waals surface area (Å²) in [5.41, 5.74) is 1.21. The number of halogens is 3. The molecule has 3 nitrogen and oxygen atoms in total. The van der Waals surface area contributed by atoms with Gasteiger partial charge in [-0.15, -0.1) is 0 Å². The Balaban J connectivity index is 2.00. The van der Waals surface area contributed by atoms with Gasteiger partial charge in [-0.3, -0.25) is 9.59 Å². The molecule has 106 valence electrons. The summed E-state index contributed by atoms with van der Waals surface area (Å²) in [6.07, 6.45) is 0. The minimum atomic E-state index is -0.697. The number of hydrogen-bond acceptors (Lipinski definition) is 2. The lowest BCUT2D eigenvalue weighted by atomic mass is 10.1. The molecule has 0 fully saturated rings. The Labute approximate surface area is 133 Å². The van der Waals surface area contributed by atoms with Crippen LogP contribution in [0.3, 0.4) is 0 Å². The van der Waals surface area contributed by atoms with E-state index in [1.807, 2.05) is 0 Å². The van der Waals surface area contributed by atoms with E-state index in [-0.39, 0.29) is 12.1 Å². The van der Waals surface area contributed by atoms with Gasteiger partial charge in [-0.25, -0.2) is 4.39 Å². The Kier molecular flexibility index (Phi) is 3.55. The van der Waals surface area contributed by atoms with Gasteiger partial charge < -0.3 is 4.90 Å². The standard InChI is InChI=1S/C15H8BrClFNO2/c16-9-2-1-8(12(17)5-9)7-19-13-4-3-10(18)6-11(13)14(20)15(19)21/h1-6H,7H2. The van der Waals surface area contributed by atoms with Crippen LogP contribution in [0.25, 0.3) is 0 Å². The summed E-state index contributed by atoms with van der Waals surface area (Å²) in [6.45, 7) is 0.162. The molecule has 21 heavy (non-hydrogen) atoms. The fraction of sp³-hybridized carbons (Fsp3) is 0.0667. The van der Waals surface area contributed by atoms with E-state index in [1.54, 1.807) is 18.2 Å². The van der Waals surface area contributed by atoms with Gasteiger partial charge in [0.1, 0.15) is 5.82 Å². The van der Waals surface area contributed by atoms with Crippen molar-refractivity contribution in [2.24, 2.45) is 0 Å². The third-order valence-electron chi connectivity index (χ3n) is 3.28. The normalized spacial score (nSPS) is 13.8. The number of carbonyl (C=O) groups excluding carboxylic acids is 2. The van der Waals surface area contributed by atoms with E-state index < -0.39 is 17.5 Å². The monoisotopic (exact) mass is 367 g/mol. The van der Waals surface area contributed by atoms with Crippen LogP contribution in [-0.4, -0.2) is 11.7 Å². The van der Waals surface area contributed by atoms with Gasteiger partial charge in [0.15, 0.2) is 0 Å². The first-order chi connectivity index (χ1) is 9.97. The van der Waals surface area contributed by atoms with Crippen molar-refractivity contribution in [1.82, 2.24) is 0 Å². The van der Waals surface area contributed by atoms with E-state index in [9.17, 15) is 14.0 Å². The van der Waals surface area contributed by atoms with E-state index in [2.05, 4.69) is 15.9 Å². The zero-order valence-electron chi connectivity index (χ0n) is 10.6. The number of ketones is 1. The van der Waals surface area contributed by atoms with Crippen LogP contribution in [0.15, 0.2) is 40.9 Å². The Morgan fingerprint density at radius 2 is 1.90 bits per heavy atom. The van der Waals surface area contributed by atoms with Crippen LogP contribution in [0.1, 0.15) is 15.9 Å². The summed E-state index contributed by atoms with van der Waals surface area (Å²) in [7, 11) is 0. The smallest absolute Gasteiger partial charge is 0.299 e. The molecule has 0 radical (unpaired) electrons. The SMILES string of the molecule is O=C1C(=O)N(Cc2ccc(Br)cc2Cl)c2ccc(F)cc21. The lowest BCUT2D eigenvalue weighted by molar-refractivity contribution is -0.114. The number of anilines is 1. The third-order valence-corrected chi connectivity index (χ3v) is 4.12. The highest BCUT2D eigenvalue weighted by atomic mass is 79.9. The lowest BCUT2D eigenvalue weighted by Crippen LogP contribution is -2.29. The van der Waals surface area contributed by atoms with Gasteiger partial charge in [0.2, 0.25) is 0 Å². The molecule has 0 aromatic heterocycles. The van der Waals surface area contributed by atoms with E-state index in [1.165, 1.54) is 17.0 Å². The van der Waals surface area contributed by atoms with Gasteiger partial charge >= 0.3 is 0 Å². The van der Waals surface area contributed by atoms with Gasteiger partial charge in [0, 0.05) is 9.50 Å². The molecule has 0 saturated carbocycles. The predicted octanol–water partition coefficient (Wildman–Crippen LogP) is 3.97. The second kappa shape index (κ2) is 5.24. The molecule has 0 spiro atoms. The molecule has 1 aliphatic heterocycles. The van der Waals surface area contributed by atoms with Crippen LogP contribution in [-0.2, 0) is 11.3 Å². The maximum Gasteiger partial charge on any atom is 0.299 e. The van der Waals surface area contributed by atoms with Gasteiger partial charge in [0.25, 0.3) is 11.7 Å². The van der Waals surface area contributed by atoms with Crippen LogP contribution in [0.4, 0.5) is 10.1 Å². The Hall–Kier alpha value is -1.72. The molecule has 2 aromatic carbocycles. The molecule has 0 bridgehead atoms. The zero-order valence-corrected chi connectivity index (χ0v) is 12.9. The number of carbonyl (C=O) groups is 2. The summed E-state index contributed by atoms with van der Waals surface area (Å²) >= 11 is 9.43. The molecule has 1 heterocycles. The molecule has 0 N–H and O–H groups in total. The molecule has 1 amide bonds. The first-order valence-electron chi connectivity index (χ1n) is 6.07. The highest BCUT2D eigenvalue weighted by Gasteiger charge is 2.36. The molecule has 0 unspecified atom stereocenters. The molecule has 0 saturated heterocycles.